The molecule has 0 aromatic rings. The Morgan fingerprint density at radius 3 is 1.38 bits per heavy atom. The zero-order valence-corrected chi connectivity index (χ0v) is 9.55. The van der Waals surface area contributed by atoms with Gasteiger partial charge in [0, 0.05) is 25.7 Å². The van der Waals surface area contributed by atoms with Crippen LogP contribution in [0.15, 0.2) is 0 Å². The minimum absolute atomic E-state index is 0.0335. The van der Waals surface area contributed by atoms with Crippen LogP contribution in [0.4, 0.5) is 0 Å². The molecule has 8 heteroatoms. The molecule has 0 saturated carbocycles. The molecular formula is C5H15O6PSe. The molecule has 0 saturated heterocycles. The van der Waals surface area contributed by atoms with Crippen molar-refractivity contribution in [2.24, 2.45) is 5.92 Å². The molecule has 82 valence electrons. The Hall–Kier alpha value is 0.709. The van der Waals surface area contributed by atoms with Crippen LogP contribution in [0.25, 0.3) is 0 Å². The fourth-order valence-corrected chi connectivity index (χ4v) is 0.423. The minimum atomic E-state index is -3.51. The maximum absolute atomic E-state index is 8.39. The Morgan fingerprint density at radius 1 is 1.00 bits per heavy atom. The third-order valence-electron chi connectivity index (χ3n) is 1.05. The van der Waals surface area contributed by atoms with Crippen LogP contribution in [0.3, 0.4) is 0 Å². The summed E-state index contributed by atoms with van der Waals surface area (Å²) in [5.74, 6) is -0.139. The van der Waals surface area contributed by atoms with E-state index in [2.05, 4.69) is 0 Å². The van der Waals surface area contributed by atoms with Gasteiger partial charge in [0.15, 0.2) is 0 Å². The van der Waals surface area contributed by atoms with Crippen molar-refractivity contribution in [3.05, 3.63) is 0 Å². The van der Waals surface area contributed by atoms with Gasteiger partial charge < -0.3 is 15.3 Å². The van der Waals surface area contributed by atoms with Gasteiger partial charge in [0.05, 0.1) is 0 Å². The molecule has 6 N–H and O–H groups in total. The van der Waals surface area contributed by atoms with Gasteiger partial charge >= 0.3 is 36.0 Å². The molecule has 0 spiro atoms. The van der Waals surface area contributed by atoms with E-state index in [1.165, 1.54) is 0 Å². The van der Waals surface area contributed by atoms with E-state index in [4.69, 9.17) is 30.0 Å². The molecule has 6 nitrogen and oxygen atoms in total. The van der Waals surface area contributed by atoms with Crippen LogP contribution in [-0.4, -0.2) is 64.9 Å². The van der Waals surface area contributed by atoms with Crippen LogP contribution in [0.1, 0.15) is 6.42 Å². The zero-order chi connectivity index (χ0) is 10.9. The Morgan fingerprint density at radius 2 is 1.31 bits per heavy atom. The Bertz CT molecular complexity index is 136. The van der Waals surface area contributed by atoms with E-state index in [0.717, 1.165) is 0 Å². The topological polar surface area (TPSA) is 121 Å². The molecule has 0 atom stereocenters. The van der Waals surface area contributed by atoms with E-state index in [0.29, 0.717) is 6.42 Å². The van der Waals surface area contributed by atoms with Crippen molar-refractivity contribution in [3.63, 3.8) is 0 Å². The van der Waals surface area contributed by atoms with Gasteiger partial charge in [-0.2, -0.15) is 0 Å². The van der Waals surface area contributed by atoms with Crippen molar-refractivity contribution in [3.8, 4) is 0 Å². The number of hydrogen-bond acceptors (Lipinski definition) is 6. The maximum atomic E-state index is 8.39. The third-order valence-corrected chi connectivity index (χ3v) is 1.05. The quantitative estimate of drug-likeness (QED) is 0.256. The number of rotatable bonds is 4. The van der Waals surface area contributed by atoms with Crippen LogP contribution >= 0.6 is 6.19 Å². The van der Waals surface area contributed by atoms with Crippen molar-refractivity contribution < 1.29 is 30.0 Å². The van der Waals surface area contributed by atoms with Crippen molar-refractivity contribution in [1.29, 1.82) is 0 Å². The van der Waals surface area contributed by atoms with Gasteiger partial charge in [-0.25, -0.2) is 0 Å². The van der Waals surface area contributed by atoms with Crippen LogP contribution in [0, 0.1) is 5.92 Å². The first kappa shape index (κ1) is 16.2. The molecule has 0 rings (SSSR count). The third kappa shape index (κ3) is 24.5. The molecule has 0 bridgehead atoms. The molecule has 13 heavy (non-hydrogen) atoms. The second-order valence-corrected chi connectivity index (χ2v) is 6.37. The van der Waals surface area contributed by atoms with Crippen LogP contribution in [0.2, 0.25) is 0 Å². The summed E-state index contributed by atoms with van der Waals surface area (Å²) < 4.78 is 0. The van der Waals surface area contributed by atoms with E-state index in [1.54, 1.807) is 15.1 Å². The summed E-state index contributed by atoms with van der Waals surface area (Å²) in [6.07, 6.45) is -3.03. The van der Waals surface area contributed by atoms with E-state index in [-0.39, 0.29) is 25.7 Å². The molecule has 0 unspecified atom stereocenters. The fourth-order valence-electron chi connectivity index (χ4n) is 0.423. The monoisotopic (exact) mass is 282 g/mol. The molecule has 0 aliphatic carbocycles. The van der Waals surface area contributed by atoms with Crippen LogP contribution < -0.4 is 0 Å². The summed E-state index contributed by atoms with van der Waals surface area (Å²) in [6, 6.07) is 0. The molecule has 0 fully saturated rings. The first-order chi connectivity index (χ1) is 5.85. The summed E-state index contributed by atoms with van der Waals surface area (Å²) in [5.41, 5.74) is 0. The summed E-state index contributed by atoms with van der Waals surface area (Å²) in [6.45, 7) is -0.0556. The van der Waals surface area contributed by atoms with E-state index >= 15 is 0 Å². The molecular weight excluding hydrogens is 266 g/mol. The van der Waals surface area contributed by atoms with Crippen molar-refractivity contribution in [2.75, 3.05) is 19.8 Å². The van der Waals surface area contributed by atoms with Gasteiger partial charge in [-0.05, 0) is 6.42 Å². The first-order valence-electron chi connectivity index (χ1n) is 3.46. The van der Waals surface area contributed by atoms with E-state index in [1.807, 2.05) is 0 Å². The Balaban J connectivity index is 0. The average Bonchev–Trinajstić information content (AvgIpc) is 1.97. The predicted octanol–water partition coefficient (Wildman–Crippen LogP) is -2.22. The van der Waals surface area contributed by atoms with Crippen LogP contribution in [0.5, 0.6) is 0 Å². The normalized spacial score (nSPS) is 11.0. The predicted molar refractivity (Wildman–Crippen MR) is 48.7 cm³/mol. The molecule has 0 aliphatic heterocycles. The Kier molecular flexibility index (Phi) is 11.5. The van der Waals surface area contributed by atoms with Gasteiger partial charge in [0.1, 0.15) is 0 Å². The van der Waals surface area contributed by atoms with Gasteiger partial charge in [-0.15, -0.1) is 0 Å². The van der Waals surface area contributed by atoms with Crippen molar-refractivity contribution in [2.45, 2.75) is 6.42 Å². The second-order valence-electron chi connectivity index (χ2n) is 2.26. The molecule has 0 heterocycles. The summed E-state index contributed by atoms with van der Waals surface area (Å²) >= 11 is 1.76. The van der Waals surface area contributed by atoms with E-state index in [9.17, 15) is 0 Å². The summed E-state index contributed by atoms with van der Waals surface area (Å²) in [5, 5.41) is 25.0. The van der Waals surface area contributed by atoms with Gasteiger partial charge in [-0.3, -0.25) is 0 Å². The number of aliphatic hydroxyl groups excluding tert-OH is 3. The van der Waals surface area contributed by atoms with Crippen molar-refractivity contribution in [1.82, 2.24) is 0 Å². The number of hydrogen-bond donors (Lipinski definition) is 6. The molecule has 0 amide bonds. The standard InChI is InChI=1S/C5H12O3.H3O3PSe/c6-2-1-5(3-7)4-8;1-4(2,3)5/h5-8H,1-4H2;(H3,1,2,3,5). The van der Waals surface area contributed by atoms with E-state index < -0.39 is 6.19 Å². The van der Waals surface area contributed by atoms with Crippen LogP contribution in [-0.2, 0) is 0 Å². The van der Waals surface area contributed by atoms with Gasteiger partial charge in [0.25, 0.3) is 0 Å². The first-order valence-corrected chi connectivity index (χ1v) is 7.32. The second kappa shape index (κ2) is 9.27. The molecule has 0 aromatic carbocycles. The summed E-state index contributed by atoms with van der Waals surface area (Å²) in [4.78, 5) is 23.1. The molecule has 0 radical (unpaired) electrons. The average molecular weight is 281 g/mol. The molecule has 0 aromatic heterocycles. The molecule has 0 aliphatic rings. The SMILES string of the molecule is OCCC(CO)CO.OP(O)(O)=[Se]. The fraction of sp³-hybridized carbons (Fsp3) is 1.00. The van der Waals surface area contributed by atoms with Gasteiger partial charge in [-0.1, -0.05) is 0 Å². The number of aliphatic hydroxyl groups is 3. The van der Waals surface area contributed by atoms with Gasteiger partial charge in [0.2, 0.25) is 0 Å². The zero-order valence-electron chi connectivity index (χ0n) is 6.94. The Labute approximate surface area is 83.9 Å². The van der Waals surface area contributed by atoms with Crippen molar-refractivity contribution >= 4 is 21.3 Å². The summed E-state index contributed by atoms with van der Waals surface area (Å²) in [7, 11) is 0.